The lowest BCUT2D eigenvalue weighted by atomic mass is 9.90. The minimum absolute atomic E-state index is 0.0211. The highest BCUT2D eigenvalue weighted by Gasteiger charge is 2.42. The molecule has 2 rings (SSSR count). The van der Waals surface area contributed by atoms with Crippen LogP contribution in [0.4, 0.5) is 13.2 Å². The Morgan fingerprint density at radius 1 is 1.39 bits per heavy atom. The number of carboxylic acid groups (broad SMARTS) is 1. The van der Waals surface area contributed by atoms with E-state index in [1.54, 1.807) is 13.0 Å². The molecule has 0 amide bonds. The van der Waals surface area contributed by atoms with Crippen molar-refractivity contribution < 1.29 is 23.1 Å². The first-order valence-electron chi connectivity index (χ1n) is 8.93. The summed E-state index contributed by atoms with van der Waals surface area (Å²) in [5, 5.41) is 14.5. The average Bonchev–Trinajstić information content (AvgIpc) is 2.60. The molecule has 9 heteroatoms. The van der Waals surface area contributed by atoms with Gasteiger partial charge in [-0.1, -0.05) is 29.8 Å². The van der Waals surface area contributed by atoms with Gasteiger partial charge in [0.1, 0.15) is 6.04 Å². The smallest absolute Gasteiger partial charge is 0.412 e. The van der Waals surface area contributed by atoms with Gasteiger partial charge in [0.2, 0.25) is 0 Å². The van der Waals surface area contributed by atoms with Gasteiger partial charge in [0, 0.05) is 22.6 Å². The summed E-state index contributed by atoms with van der Waals surface area (Å²) in [6.45, 7) is 2.39. The molecular formula is C19H23Cl2F3N2O2. The minimum Gasteiger partial charge on any atom is -0.481 e. The lowest BCUT2D eigenvalue weighted by Gasteiger charge is -2.31. The summed E-state index contributed by atoms with van der Waals surface area (Å²) in [5.74, 6) is -1.00. The van der Waals surface area contributed by atoms with Gasteiger partial charge in [0.05, 0.1) is 6.42 Å². The number of nitrogens with one attached hydrogen (secondary N) is 2. The van der Waals surface area contributed by atoms with E-state index >= 15 is 0 Å². The summed E-state index contributed by atoms with van der Waals surface area (Å²) >= 11 is 12.2. The molecule has 1 aromatic carbocycles. The molecule has 1 aliphatic carbocycles. The normalized spacial score (nSPS) is 21.1. The van der Waals surface area contributed by atoms with Crippen molar-refractivity contribution in [2.75, 3.05) is 13.1 Å². The topological polar surface area (TPSA) is 61.4 Å². The zero-order valence-corrected chi connectivity index (χ0v) is 16.8. The number of aryl methyl sites for hydroxylation is 1. The molecule has 3 N–H and O–H groups in total. The largest absolute Gasteiger partial charge is 0.481 e. The van der Waals surface area contributed by atoms with Gasteiger partial charge in [-0.05, 0) is 49.4 Å². The van der Waals surface area contributed by atoms with Crippen LogP contribution in [0.1, 0.15) is 36.4 Å². The van der Waals surface area contributed by atoms with E-state index in [2.05, 4.69) is 10.6 Å². The molecule has 0 saturated carbocycles. The fraction of sp³-hybridized carbons (Fsp3) is 0.526. The maximum absolute atomic E-state index is 13.7. The molecule has 1 aliphatic rings. The summed E-state index contributed by atoms with van der Waals surface area (Å²) in [7, 11) is 0. The maximum Gasteiger partial charge on any atom is 0.412 e. The van der Waals surface area contributed by atoms with Crippen LogP contribution < -0.4 is 10.6 Å². The number of hydrogen-bond acceptors (Lipinski definition) is 3. The van der Waals surface area contributed by atoms with Crippen molar-refractivity contribution in [1.82, 2.24) is 10.6 Å². The maximum atomic E-state index is 13.7. The molecule has 28 heavy (non-hydrogen) atoms. The molecule has 0 bridgehead atoms. The first kappa shape index (κ1) is 22.8. The summed E-state index contributed by atoms with van der Waals surface area (Å²) < 4.78 is 41.0. The number of halogens is 5. The molecule has 0 aromatic heterocycles. The molecule has 0 saturated heterocycles. The van der Waals surface area contributed by atoms with E-state index in [4.69, 9.17) is 28.3 Å². The van der Waals surface area contributed by atoms with Crippen LogP contribution in [0.2, 0.25) is 5.02 Å². The van der Waals surface area contributed by atoms with Crippen LogP contribution in [0.25, 0.3) is 0 Å². The SMILES string of the molecule is Cc1cc([C@H](NC2=CCC(Cl)C(CNCCC(=O)O)C2)C(F)(F)F)ccc1Cl. The summed E-state index contributed by atoms with van der Waals surface area (Å²) in [4.78, 5) is 10.6. The highest BCUT2D eigenvalue weighted by molar-refractivity contribution is 6.31. The second kappa shape index (κ2) is 9.85. The number of benzene rings is 1. The molecule has 4 nitrogen and oxygen atoms in total. The van der Waals surface area contributed by atoms with Crippen molar-refractivity contribution in [1.29, 1.82) is 0 Å². The zero-order valence-electron chi connectivity index (χ0n) is 15.3. The van der Waals surface area contributed by atoms with Crippen molar-refractivity contribution in [2.45, 2.75) is 43.8 Å². The Morgan fingerprint density at radius 3 is 2.71 bits per heavy atom. The number of carboxylic acids is 1. The van der Waals surface area contributed by atoms with Crippen molar-refractivity contribution in [3.8, 4) is 0 Å². The highest BCUT2D eigenvalue weighted by Crippen LogP contribution is 2.37. The van der Waals surface area contributed by atoms with Gasteiger partial charge in [-0.25, -0.2) is 0 Å². The molecular weight excluding hydrogens is 416 g/mol. The van der Waals surface area contributed by atoms with Crippen LogP contribution in [0.3, 0.4) is 0 Å². The van der Waals surface area contributed by atoms with E-state index in [9.17, 15) is 18.0 Å². The number of carbonyl (C=O) groups is 1. The highest BCUT2D eigenvalue weighted by atomic mass is 35.5. The Kier molecular flexibility index (Phi) is 8.04. The third-order valence-corrected chi connectivity index (χ3v) is 5.64. The second-order valence-electron chi connectivity index (χ2n) is 6.92. The van der Waals surface area contributed by atoms with E-state index in [0.29, 0.717) is 35.7 Å². The molecule has 2 unspecified atom stereocenters. The third kappa shape index (κ3) is 6.57. The number of hydrogen-bond donors (Lipinski definition) is 3. The van der Waals surface area contributed by atoms with Crippen LogP contribution in [0.15, 0.2) is 30.0 Å². The van der Waals surface area contributed by atoms with E-state index < -0.39 is 18.2 Å². The summed E-state index contributed by atoms with van der Waals surface area (Å²) in [6, 6.07) is 2.43. The standard InChI is InChI=1S/C19H23Cl2F3N2O2/c1-11-8-12(2-4-15(11)20)18(19(22,23)24)26-14-3-5-16(21)13(9-14)10-25-7-6-17(27)28/h2-4,8,13,16,18,25-26H,5-7,9-10H2,1H3,(H,27,28)/t13?,16?,18-/m0/s1. The third-order valence-electron chi connectivity index (χ3n) is 4.68. The minimum atomic E-state index is -4.48. The van der Waals surface area contributed by atoms with Crippen molar-refractivity contribution in [2.24, 2.45) is 5.92 Å². The predicted octanol–water partition coefficient (Wildman–Crippen LogP) is 4.81. The second-order valence-corrected chi connectivity index (χ2v) is 7.89. The van der Waals surface area contributed by atoms with Gasteiger partial charge in [0.15, 0.2) is 0 Å². The van der Waals surface area contributed by atoms with Crippen molar-refractivity contribution >= 4 is 29.2 Å². The number of alkyl halides is 4. The van der Waals surface area contributed by atoms with Gasteiger partial charge in [0.25, 0.3) is 0 Å². The fourth-order valence-electron chi connectivity index (χ4n) is 3.13. The monoisotopic (exact) mass is 438 g/mol. The molecule has 0 radical (unpaired) electrons. The Hall–Kier alpha value is -1.44. The predicted molar refractivity (Wildman–Crippen MR) is 104 cm³/mol. The van der Waals surface area contributed by atoms with E-state index in [0.717, 1.165) is 0 Å². The van der Waals surface area contributed by atoms with Gasteiger partial charge in [-0.3, -0.25) is 4.79 Å². The number of rotatable bonds is 8. The van der Waals surface area contributed by atoms with E-state index in [1.165, 1.54) is 18.2 Å². The van der Waals surface area contributed by atoms with Crippen LogP contribution in [-0.4, -0.2) is 35.7 Å². The lowest BCUT2D eigenvalue weighted by molar-refractivity contribution is -0.156. The summed E-state index contributed by atoms with van der Waals surface area (Å²) in [6.07, 6.45) is -2.00. The molecule has 0 heterocycles. The Morgan fingerprint density at radius 2 is 2.11 bits per heavy atom. The van der Waals surface area contributed by atoms with Crippen molar-refractivity contribution in [3.05, 3.63) is 46.1 Å². The Balaban J connectivity index is 2.07. The molecule has 0 fully saturated rings. The van der Waals surface area contributed by atoms with Gasteiger partial charge < -0.3 is 15.7 Å². The zero-order chi connectivity index (χ0) is 20.9. The average molecular weight is 439 g/mol. The van der Waals surface area contributed by atoms with Crippen LogP contribution >= 0.6 is 23.2 Å². The van der Waals surface area contributed by atoms with Crippen molar-refractivity contribution in [3.63, 3.8) is 0 Å². The van der Waals surface area contributed by atoms with Crippen LogP contribution in [0, 0.1) is 12.8 Å². The van der Waals surface area contributed by atoms with Gasteiger partial charge in [-0.2, -0.15) is 13.2 Å². The van der Waals surface area contributed by atoms with Crippen LogP contribution in [-0.2, 0) is 4.79 Å². The van der Waals surface area contributed by atoms with Gasteiger partial charge >= 0.3 is 12.1 Å². The molecule has 156 valence electrons. The van der Waals surface area contributed by atoms with Gasteiger partial charge in [-0.15, -0.1) is 11.6 Å². The quantitative estimate of drug-likeness (QED) is 0.402. The molecule has 0 spiro atoms. The Bertz CT molecular complexity index is 726. The van der Waals surface area contributed by atoms with E-state index in [-0.39, 0.29) is 29.8 Å². The molecule has 1 aromatic rings. The number of allylic oxidation sites excluding steroid dienone is 2. The Labute approximate surface area is 172 Å². The fourth-order valence-corrected chi connectivity index (χ4v) is 3.51. The molecule has 3 atom stereocenters. The molecule has 0 aliphatic heterocycles. The van der Waals surface area contributed by atoms with Crippen LogP contribution in [0.5, 0.6) is 0 Å². The first-order chi connectivity index (χ1) is 13.1. The van der Waals surface area contributed by atoms with E-state index in [1.807, 2.05) is 0 Å². The number of aliphatic carboxylic acids is 1. The lowest BCUT2D eigenvalue weighted by Crippen LogP contribution is -2.38. The summed E-state index contributed by atoms with van der Waals surface area (Å²) in [5.41, 5.74) is 1.16. The first-order valence-corrected chi connectivity index (χ1v) is 9.74.